The minimum atomic E-state index is -3.71. The van der Waals surface area contributed by atoms with Gasteiger partial charge in [-0.2, -0.15) is 0 Å². The summed E-state index contributed by atoms with van der Waals surface area (Å²) in [5.41, 5.74) is 1.11. The van der Waals surface area contributed by atoms with Crippen LogP contribution in [0.3, 0.4) is 0 Å². The molecular weight excluding hydrogens is 396 g/mol. The van der Waals surface area contributed by atoms with Gasteiger partial charge < -0.3 is 14.8 Å². The predicted molar refractivity (Wildman–Crippen MR) is 111 cm³/mol. The second kappa shape index (κ2) is 9.92. The molecule has 0 aliphatic rings. The first-order valence-electron chi connectivity index (χ1n) is 9.02. The summed E-state index contributed by atoms with van der Waals surface area (Å²) in [6, 6.07) is 12.6. The molecule has 2 rings (SSSR count). The Morgan fingerprint density at radius 1 is 1.03 bits per heavy atom. The summed E-state index contributed by atoms with van der Waals surface area (Å²) >= 11 is 0. The van der Waals surface area contributed by atoms with E-state index in [9.17, 15) is 18.0 Å². The van der Waals surface area contributed by atoms with Gasteiger partial charge in [-0.1, -0.05) is 6.07 Å². The fourth-order valence-electron chi connectivity index (χ4n) is 2.53. The number of carbonyl (C=O) groups is 2. The Hall–Kier alpha value is -3.07. The Balaban J connectivity index is 2.13. The lowest BCUT2D eigenvalue weighted by molar-refractivity contribution is -0.114. The van der Waals surface area contributed by atoms with Crippen LogP contribution in [0.4, 0.5) is 11.4 Å². The summed E-state index contributed by atoms with van der Waals surface area (Å²) in [6.07, 6.45) is 1.03. The third-order valence-electron chi connectivity index (χ3n) is 3.78. The number of hydrogen-bond acceptors (Lipinski definition) is 6. The third kappa shape index (κ3) is 6.49. The summed E-state index contributed by atoms with van der Waals surface area (Å²) in [6.45, 7) is 3.83. The average Bonchev–Trinajstić information content (AvgIpc) is 2.66. The molecule has 8 nitrogen and oxygen atoms in total. The first-order chi connectivity index (χ1) is 13.7. The first-order valence-corrected chi connectivity index (χ1v) is 10.9. The molecule has 1 amide bonds. The van der Waals surface area contributed by atoms with Crippen molar-refractivity contribution >= 4 is 33.3 Å². The summed E-state index contributed by atoms with van der Waals surface area (Å²) in [5, 5.41) is 2.62. The maximum Gasteiger partial charge on any atom is 0.338 e. The van der Waals surface area contributed by atoms with E-state index in [1.165, 1.54) is 12.1 Å². The quantitative estimate of drug-likeness (QED) is 0.626. The molecule has 0 saturated heterocycles. The molecule has 156 valence electrons. The van der Waals surface area contributed by atoms with Crippen molar-refractivity contribution in [3.63, 3.8) is 0 Å². The minimum Gasteiger partial charge on any atom is -0.494 e. The van der Waals surface area contributed by atoms with Gasteiger partial charge in [0.25, 0.3) is 0 Å². The summed E-state index contributed by atoms with van der Waals surface area (Å²) in [4.78, 5) is 24.1. The summed E-state index contributed by atoms with van der Waals surface area (Å²) in [7, 11) is -3.71. The number of nitrogens with zero attached hydrogens (tertiary/aromatic N) is 1. The van der Waals surface area contributed by atoms with Crippen molar-refractivity contribution in [2.45, 2.75) is 13.8 Å². The summed E-state index contributed by atoms with van der Waals surface area (Å²) < 4.78 is 35.7. The van der Waals surface area contributed by atoms with Gasteiger partial charge in [0.2, 0.25) is 15.9 Å². The zero-order valence-corrected chi connectivity index (χ0v) is 17.4. The maximum absolute atomic E-state index is 12.4. The van der Waals surface area contributed by atoms with Crippen LogP contribution in [0.15, 0.2) is 48.5 Å². The fraction of sp³-hybridized carbons (Fsp3) is 0.300. The van der Waals surface area contributed by atoms with Crippen molar-refractivity contribution in [3.05, 3.63) is 54.1 Å². The maximum atomic E-state index is 12.4. The SMILES string of the molecule is CCOC(=O)c1ccc(NC(=O)CN(c2cccc(OCC)c2)S(C)(=O)=O)cc1. The number of amides is 1. The van der Waals surface area contributed by atoms with E-state index < -0.39 is 28.4 Å². The second-order valence-electron chi connectivity index (χ2n) is 6.05. The van der Waals surface area contributed by atoms with Gasteiger partial charge in [-0.05, 0) is 50.2 Å². The van der Waals surface area contributed by atoms with Crippen LogP contribution in [0, 0.1) is 0 Å². The van der Waals surface area contributed by atoms with Crippen molar-refractivity contribution in [1.29, 1.82) is 0 Å². The smallest absolute Gasteiger partial charge is 0.338 e. The molecule has 0 heterocycles. The van der Waals surface area contributed by atoms with Gasteiger partial charge in [-0.25, -0.2) is 13.2 Å². The lowest BCUT2D eigenvalue weighted by Gasteiger charge is -2.22. The number of benzene rings is 2. The largest absolute Gasteiger partial charge is 0.494 e. The molecule has 0 spiro atoms. The normalized spacial score (nSPS) is 10.9. The van der Waals surface area contributed by atoms with E-state index in [1.54, 1.807) is 43.3 Å². The molecule has 0 aliphatic heterocycles. The number of anilines is 2. The second-order valence-corrected chi connectivity index (χ2v) is 7.95. The molecule has 2 aromatic rings. The van der Waals surface area contributed by atoms with Gasteiger partial charge >= 0.3 is 5.97 Å². The predicted octanol–water partition coefficient (Wildman–Crippen LogP) is 2.67. The zero-order chi connectivity index (χ0) is 21.4. The van der Waals surface area contributed by atoms with Crippen molar-refractivity contribution < 1.29 is 27.5 Å². The van der Waals surface area contributed by atoms with E-state index in [0.717, 1.165) is 10.6 Å². The average molecular weight is 420 g/mol. The van der Waals surface area contributed by atoms with Gasteiger partial charge in [0.15, 0.2) is 0 Å². The Morgan fingerprint density at radius 2 is 1.72 bits per heavy atom. The minimum absolute atomic E-state index is 0.267. The topological polar surface area (TPSA) is 102 Å². The Morgan fingerprint density at radius 3 is 2.31 bits per heavy atom. The van der Waals surface area contributed by atoms with E-state index in [-0.39, 0.29) is 6.61 Å². The van der Waals surface area contributed by atoms with E-state index in [0.29, 0.717) is 29.3 Å². The molecule has 0 aliphatic carbocycles. The van der Waals surface area contributed by atoms with Crippen LogP contribution in [-0.4, -0.2) is 46.3 Å². The van der Waals surface area contributed by atoms with Crippen molar-refractivity contribution in [1.82, 2.24) is 0 Å². The number of nitrogens with one attached hydrogen (secondary N) is 1. The van der Waals surface area contributed by atoms with Crippen molar-refractivity contribution in [2.24, 2.45) is 0 Å². The highest BCUT2D eigenvalue weighted by atomic mass is 32.2. The van der Waals surface area contributed by atoms with Crippen molar-refractivity contribution in [3.8, 4) is 5.75 Å². The molecule has 0 unspecified atom stereocenters. The van der Waals surface area contributed by atoms with Gasteiger partial charge in [0.1, 0.15) is 12.3 Å². The van der Waals surface area contributed by atoms with Gasteiger partial charge in [0, 0.05) is 11.8 Å². The zero-order valence-electron chi connectivity index (χ0n) is 16.5. The van der Waals surface area contributed by atoms with Crippen LogP contribution in [0.25, 0.3) is 0 Å². The van der Waals surface area contributed by atoms with Crippen molar-refractivity contribution in [2.75, 3.05) is 35.6 Å². The van der Waals surface area contributed by atoms with Gasteiger partial charge in [-0.3, -0.25) is 9.10 Å². The lowest BCUT2D eigenvalue weighted by atomic mass is 10.2. The molecule has 29 heavy (non-hydrogen) atoms. The van der Waals surface area contributed by atoms with Gasteiger partial charge in [-0.15, -0.1) is 0 Å². The number of sulfonamides is 1. The Labute approximate surface area is 170 Å². The number of rotatable bonds is 9. The molecule has 0 saturated carbocycles. The monoisotopic (exact) mass is 420 g/mol. The number of carbonyl (C=O) groups excluding carboxylic acids is 2. The van der Waals surface area contributed by atoms with Crippen LogP contribution < -0.4 is 14.4 Å². The molecule has 0 radical (unpaired) electrons. The summed E-state index contributed by atoms with van der Waals surface area (Å²) in [5.74, 6) is -0.474. The fourth-order valence-corrected chi connectivity index (χ4v) is 3.38. The van der Waals surface area contributed by atoms with Crippen LogP contribution in [-0.2, 0) is 19.6 Å². The van der Waals surface area contributed by atoms with E-state index in [4.69, 9.17) is 9.47 Å². The molecule has 0 fully saturated rings. The van der Waals surface area contributed by atoms with Gasteiger partial charge in [0.05, 0.1) is 30.7 Å². The third-order valence-corrected chi connectivity index (χ3v) is 4.92. The highest BCUT2D eigenvalue weighted by molar-refractivity contribution is 7.92. The van der Waals surface area contributed by atoms with Crippen LogP contribution in [0.1, 0.15) is 24.2 Å². The highest BCUT2D eigenvalue weighted by Crippen LogP contribution is 2.23. The van der Waals surface area contributed by atoms with E-state index in [2.05, 4.69) is 5.32 Å². The van der Waals surface area contributed by atoms with Crippen LogP contribution in [0.5, 0.6) is 5.75 Å². The molecule has 0 bridgehead atoms. The molecule has 9 heteroatoms. The highest BCUT2D eigenvalue weighted by Gasteiger charge is 2.21. The molecule has 0 atom stereocenters. The number of ether oxygens (including phenoxy) is 2. The molecule has 2 aromatic carbocycles. The van der Waals surface area contributed by atoms with E-state index >= 15 is 0 Å². The first kappa shape index (κ1) is 22.2. The molecular formula is C20H24N2O6S. The lowest BCUT2D eigenvalue weighted by Crippen LogP contribution is -2.37. The number of hydrogen-bond donors (Lipinski definition) is 1. The standard InChI is InChI=1S/C20H24N2O6S/c1-4-27-18-8-6-7-17(13-18)22(29(3,25)26)14-19(23)21-16-11-9-15(10-12-16)20(24)28-5-2/h6-13H,4-5,14H2,1-3H3,(H,21,23). The number of esters is 1. The van der Waals surface area contributed by atoms with E-state index in [1.807, 2.05) is 6.92 Å². The van der Waals surface area contributed by atoms with Crippen LogP contribution in [0.2, 0.25) is 0 Å². The molecule has 0 aromatic heterocycles. The van der Waals surface area contributed by atoms with Crippen LogP contribution >= 0.6 is 0 Å². The Kier molecular flexibility index (Phi) is 7.60. The molecule has 1 N–H and O–H groups in total. The Bertz CT molecular complexity index is 957.